The van der Waals surface area contributed by atoms with Crippen LogP contribution in [0.25, 0.3) is 0 Å². The fourth-order valence-corrected chi connectivity index (χ4v) is 1.83. The third-order valence-electron chi connectivity index (χ3n) is 2.95. The highest BCUT2D eigenvalue weighted by Gasteiger charge is 2.05. The first-order chi connectivity index (χ1) is 8.65. The zero-order chi connectivity index (χ0) is 13.4. The average Bonchev–Trinajstić information content (AvgIpc) is 2.38. The summed E-state index contributed by atoms with van der Waals surface area (Å²) in [6.45, 7) is 7.87. The predicted molar refractivity (Wildman–Crippen MR) is 75.7 cm³/mol. The first-order valence-corrected chi connectivity index (χ1v) is 6.73. The summed E-state index contributed by atoms with van der Waals surface area (Å²) in [5.41, 5.74) is 2.38. The van der Waals surface area contributed by atoms with Crippen molar-refractivity contribution in [3.8, 4) is 0 Å². The predicted octanol–water partition coefficient (Wildman–Crippen LogP) is 1.91. The van der Waals surface area contributed by atoms with E-state index in [0.717, 1.165) is 18.5 Å². The van der Waals surface area contributed by atoms with Gasteiger partial charge in [-0.2, -0.15) is 0 Å². The number of hydrogen-bond acceptors (Lipinski definition) is 2. The molecule has 0 saturated heterocycles. The van der Waals surface area contributed by atoms with Gasteiger partial charge in [0.05, 0.1) is 6.42 Å². The van der Waals surface area contributed by atoms with Crippen LogP contribution in [0.4, 0.5) is 0 Å². The summed E-state index contributed by atoms with van der Waals surface area (Å²) in [6.07, 6.45) is 1.50. The third kappa shape index (κ3) is 5.32. The molecule has 100 valence electrons. The first-order valence-electron chi connectivity index (χ1n) is 6.73. The Kier molecular flexibility index (Phi) is 6.44. The van der Waals surface area contributed by atoms with Crippen LogP contribution in [0.15, 0.2) is 24.3 Å². The summed E-state index contributed by atoms with van der Waals surface area (Å²) in [4.78, 5) is 11.7. The maximum atomic E-state index is 11.7. The van der Waals surface area contributed by atoms with Gasteiger partial charge < -0.3 is 10.6 Å². The minimum atomic E-state index is 0.0870. The third-order valence-corrected chi connectivity index (χ3v) is 2.95. The summed E-state index contributed by atoms with van der Waals surface area (Å²) in [6, 6.07) is 8.56. The second kappa shape index (κ2) is 7.88. The summed E-state index contributed by atoms with van der Waals surface area (Å²) in [5.74, 6) is 0.0870. The average molecular weight is 248 g/mol. The molecule has 0 aliphatic carbocycles. The lowest BCUT2D eigenvalue weighted by Crippen LogP contribution is -2.39. The maximum absolute atomic E-state index is 11.7. The Morgan fingerprint density at radius 3 is 2.33 bits per heavy atom. The number of amides is 1. The molecule has 1 aromatic carbocycles. The molecule has 0 aliphatic rings. The molecule has 1 aromatic rings. The Hall–Kier alpha value is -1.35. The molecule has 0 spiro atoms. The zero-order valence-corrected chi connectivity index (χ0v) is 11.6. The van der Waals surface area contributed by atoms with Crippen LogP contribution in [0.2, 0.25) is 0 Å². The first kappa shape index (κ1) is 14.7. The van der Waals surface area contributed by atoms with Crippen molar-refractivity contribution >= 4 is 5.91 Å². The van der Waals surface area contributed by atoms with E-state index in [9.17, 15) is 4.79 Å². The molecule has 2 N–H and O–H groups in total. The van der Waals surface area contributed by atoms with E-state index in [0.29, 0.717) is 19.0 Å². The number of carbonyl (C=O) groups excluding carboxylic acids is 1. The molecule has 1 amide bonds. The molecular formula is C15H24N2O. The van der Waals surface area contributed by atoms with Crippen LogP contribution in [0.5, 0.6) is 0 Å². The highest BCUT2D eigenvalue weighted by atomic mass is 16.1. The van der Waals surface area contributed by atoms with Crippen molar-refractivity contribution in [3.05, 3.63) is 35.4 Å². The molecule has 0 heterocycles. The Bertz CT molecular complexity index is 359. The van der Waals surface area contributed by atoms with Gasteiger partial charge in [-0.3, -0.25) is 4.79 Å². The Balaban J connectivity index is 2.35. The van der Waals surface area contributed by atoms with Crippen LogP contribution in [0.3, 0.4) is 0 Å². The minimum absolute atomic E-state index is 0.0870. The standard InChI is InChI=1S/C15H24N2O/c1-4-13-6-8-14(9-7-13)10-15(18)17-11-12(3)16-5-2/h6-9,12,16H,4-5,10-11H2,1-3H3,(H,17,18)/t12-/m1/s1. The highest BCUT2D eigenvalue weighted by Crippen LogP contribution is 2.05. The van der Waals surface area contributed by atoms with E-state index < -0.39 is 0 Å². The lowest BCUT2D eigenvalue weighted by atomic mass is 10.1. The van der Waals surface area contributed by atoms with E-state index in [1.165, 1.54) is 5.56 Å². The molecule has 0 radical (unpaired) electrons. The highest BCUT2D eigenvalue weighted by molar-refractivity contribution is 5.78. The van der Waals surface area contributed by atoms with Gasteiger partial charge in [0.25, 0.3) is 0 Å². The number of nitrogens with one attached hydrogen (secondary N) is 2. The fraction of sp³-hybridized carbons (Fsp3) is 0.533. The molecule has 0 saturated carbocycles. The van der Waals surface area contributed by atoms with Gasteiger partial charge in [-0.1, -0.05) is 38.1 Å². The summed E-state index contributed by atoms with van der Waals surface area (Å²) < 4.78 is 0. The van der Waals surface area contributed by atoms with E-state index in [1.54, 1.807) is 0 Å². The number of likely N-dealkylation sites (N-methyl/N-ethyl adjacent to an activating group) is 1. The molecule has 0 fully saturated rings. The molecule has 0 aliphatic heterocycles. The van der Waals surface area contributed by atoms with E-state index in [4.69, 9.17) is 0 Å². The normalized spacial score (nSPS) is 12.2. The summed E-state index contributed by atoms with van der Waals surface area (Å²) in [7, 11) is 0. The Labute approximate surface area is 110 Å². The van der Waals surface area contributed by atoms with Crippen LogP contribution in [0, 0.1) is 0 Å². The van der Waals surface area contributed by atoms with Gasteiger partial charge >= 0.3 is 0 Å². The summed E-state index contributed by atoms with van der Waals surface area (Å²) >= 11 is 0. The molecule has 18 heavy (non-hydrogen) atoms. The van der Waals surface area contributed by atoms with E-state index in [-0.39, 0.29) is 5.91 Å². The van der Waals surface area contributed by atoms with Crippen LogP contribution in [-0.2, 0) is 17.6 Å². The molecule has 0 unspecified atom stereocenters. The number of carbonyl (C=O) groups is 1. The maximum Gasteiger partial charge on any atom is 0.224 e. The molecule has 1 atom stereocenters. The van der Waals surface area contributed by atoms with Crippen molar-refractivity contribution in [2.45, 2.75) is 39.7 Å². The van der Waals surface area contributed by atoms with E-state index in [1.807, 2.05) is 12.1 Å². The van der Waals surface area contributed by atoms with Gasteiger partial charge in [0.15, 0.2) is 0 Å². The second-order valence-electron chi connectivity index (χ2n) is 4.61. The number of aryl methyl sites for hydroxylation is 1. The van der Waals surface area contributed by atoms with Crippen molar-refractivity contribution < 1.29 is 4.79 Å². The lowest BCUT2D eigenvalue weighted by Gasteiger charge is -2.13. The lowest BCUT2D eigenvalue weighted by molar-refractivity contribution is -0.120. The van der Waals surface area contributed by atoms with Crippen LogP contribution < -0.4 is 10.6 Å². The van der Waals surface area contributed by atoms with Crippen molar-refractivity contribution in [1.29, 1.82) is 0 Å². The Morgan fingerprint density at radius 2 is 1.78 bits per heavy atom. The molecular weight excluding hydrogens is 224 g/mol. The molecule has 0 bridgehead atoms. The smallest absolute Gasteiger partial charge is 0.224 e. The van der Waals surface area contributed by atoms with Gasteiger partial charge in [0.1, 0.15) is 0 Å². The van der Waals surface area contributed by atoms with Crippen LogP contribution in [0.1, 0.15) is 31.9 Å². The van der Waals surface area contributed by atoms with Crippen molar-refractivity contribution in [3.63, 3.8) is 0 Å². The Morgan fingerprint density at radius 1 is 1.17 bits per heavy atom. The van der Waals surface area contributed by atoms with Crippen molar-refractivity contribution in [2.75, 3.05) is 13.1 Å². The van der Waals surface area contributed by atoms with Crippen LogP contribution in [-0.4, -0.2) is 25.0 Å². The SMILES string of the molecule is CCN[C@H](C)CNC(=O)Cc1ccc(CC)cc1. The zero-order valence-electron chi connectivity index (χ0n) is 11.6. The van der Waals surface area contributed by atoms with Gasteiger partial charge in [-0.05, 0) is 31.0 Å². The van der Waals surface area contributed by atoms with Crippen molar-refractivity contribution in [1.82, 2.24) is 10.6 Å². The molecule has 0 aromatic heterocycles. The molecule has 3 nitrogen and oxygen atoms in total. The number of rotatable bonds is 7. The van der Waals surface area contributed by atoms with Gasteiger partial charge in [-0.25, -0.2) is 0 Å². The van der Waals surface area contributed by atoms with E-state index >= 15 is 0 Å². The topological polar surface area (TPSA) is 41.1 Å². The van der Waals surface area contributed by atoms with Crippen molar-refractivity contribution in [2.24, 2.45) is 0 Å². The minimum Gasteiger partial charge on any atom is -0.354 e. The second-order valence-corrected chi connectivity index (χ2v) is 4.61. The monoisotopic (exact) mass is 248 g/mol. The van der Waals surface area contributed by atoms with Gasteiger partial charge in [-0.15, -0.1) is 0 Å². The largest absolute Gasteiger partial charge is 0.354 e. The molecule has 3 heteroatoms. The fourth-order valence-electron chi connectivity index (χ4n) is 1.83. The number of benzene rings is 1. The quantitative estimate of drug-likeness (QED) is 0.774. The van der Waals surface area contributed by atoms with E-state index in [2.05, 4.69) is 43.5 Å². The van der Waals surface area contributed by atoms with Gasteiger partial charge in [0.2, 0.25) is 5.91 Å². The summed E-state index contributed by atoms with van der Waals surface area (Å²) in [5, 5.41) is 6.21. The molecule has 1 rings (SSSR count). The number of hydrogen-bond donors (Lipinski definition) is 2. The van der Waals surface area contributed by atoms with Gasteiger partial charge in [0, 0.05) is 12.6 Å². The van der Waals surface area contributed by atoms with Crippen LogP contribution >= 0.6 is 0 Å².